The summed E-state index contributed by atoms with van der Waals surface area (Å²) in [6.45, 7) is 0.448. The maximum atomic E-state index is 12.4. The van der Waals surface area contributed by atoms with Gasteiger partial charge in [0.25, 0.3) is 5.91 Å². The van der Waals surface area contributed by atoms with E-state index in [0.717, 1.165) is 10.9 Å². The van der Waals surface area contributed by atoms with Crippen LogP contribution in [0.1, 0.15) is 15.9 Å². The van der Waals surface area contributed by atoms with Crippen molar-refractivity contribution in [2.45, 2.75) is 6.54 Å². The van der Waals surface area contributed by atoms with Crippen molar-refractivity contribution < 1.29 is 14.6 Å². The van der Waals surface area contributed by atoms with Gasteiger partial charge in [0, 0.05) is 17.6 Å². The standard InChI is InChI=1S/C19H18N2O3/c1-24-15-7-9-16-13(10-15)4-8-17(18(16)22)19(23)21-14-5-2-12(11-20)3-6-14/h2-10,22H,11,20H2,1H3,(H,21,23). The zero-order chi connectivity index (χ0) is 17.1. The molecule has 0 heterocycles. The van der Waals surface area contributed by atoms with Crippen molar-refractivity contribution in [1.82, 2.24) is 0 Å². The molecule has 122 valence electrons. The Morgan fingerprint density at radius 3 is 2.54 bits per heavy atom. The molecule has 0 aliphatic carbocycles. The molecule has 1 amide bonds. The normalized spacial score (nSPS) is 10.6. The fourth-order valence-corrected chi connectivity index (χ4v) is 2.52. The monoisotopic (exact) mass is 322 g/mol. The number of nitrogens with one attached hydrogen (secondary N) is 1. The highest BCUT2D eigenvalue weighted by molar-refractivity contribution is 6.09. The molecule has 0 saturated carbocycles. The number of rotatable bonds is 4. The number of phenolic OH excluding ortho intramolecular Hbond substituents is 1. The van der Waals surface area contributed by atoms with Crippen molar-refractivity contribution in [3.63, 3.8) is 0 Å². The number of aromatic hydroxyl groups is 1. The van der Waals surface area contributed by atoms with Crippen LogP contribution in [0.2, 0.25) is 0 Å². The molecular weight excluding hydrogens is 304 g/mol. The van der Waals surface area contributed by atoms with Crippen LogP contribution >= 0.6 is 0 Å². The van der Waals surface area contributed by atoms with Crippen molar-refractivity contribution in [2.75, 3.05) is 12.4 Å². The van der Waals surface area contributed by atoms with Gasteiger partial charge in [0.2, 0.25) is 0 Å². The summed E-state index contributed by atoms with van der Waals surface area (Å²) >= 11 is 0. The number of fused-ring (bicyclic) bond motifs is 1. The number of benzene rings is 3. The zero-order valence-electron chi connectivity index (χ0n) is 13.2. The second kappa shape index (κ2) is 6.60. The lowest BCUT2D eigenvalue weighted by atomic mass is 10.0. The number of nitrogens with two attached hydrogens (primary N) is 1. The third-order valence-electron chi connectivity index (χ3n) is 3.89. The highest BCUT2D eigenvalue weighted by atomic mass is 16.5. The highest BCUT2D eigenvalue weighted by Crippen LogP contribution is 2.31. The molecule has 0 fully saturated rings. The maximum Gasteiger partial charge on any atom is 0.259 e. The zero-order valence-corrected chi connectivity index (χ0v) is 13.2. The molecule has 5 nitrogen and oxygen atoms in total. The molecule has 0 radical (unpaired) electrons. The van der Waals surface area contributed by atoms with E-state index in [1.54, 1.807) is 43.5 Å². The minimum Gasteiger partial charge on any atom is -0.506 e. The number of carbonyl (C=O) groups excluding carboxylic acids is 1. The van der Waals surface area contributed by atoms with Crippen LogP contribution in [0, 0.1) is 0 Å². The van der Waals surface area contributed by atoms with Gasteiger partial charge in [0.15, 0.2) is 0 Å². The lowest BCUT2D eigenvalue weighted by molar-refractivity contribution is 0.102. The summed E-state index contributed by atoms with van der Waals surface area (Å²) in [5.41, 5.74) is 7.40. The van der Waals surface area contributed by atoms with Gasteiger partial charge in [-0.2, -0.15) is 0 Å². The number of phenols is 1. The van der Waals surface area contributed by atoms with Crippen molar-refractivity contribution in [3.8, 4) is 11.5 Å². The Kier molecular flexibility index (Phi) is 4.35. The molecule has 0 unspecified atom stereocenters. The third-order valence-corrected chi connectivity index (χ3v) is 3.89. The van der Waals surface area contributed by atoms with E-state index in [2.05, 4.69) is 5.32 Å². The van der Waals surface area contributed by atoms with Gasteiger partial charge in [0.05, 0.1) is 12.7 Å². The fraction of sp³-hybridized carbons (Fsp3) is 0.105. The van der Waals surface area contributed by atoms with E-state index in [0.29, 0.717) is 23.4 Å². The molecule has 4 N–H and O–H groups in total. The summed E-state index contributed by atoms with van der Waals surface area (Å²) in [6, 6.07) is 15.9. The van der Waals surface area contributed by atoms with Crippen LogP contribution in [0.4, 0.5) is 5.69 Å². The van der Waals surface area contributed by atoms with Gasteiger partial charge in [-0.3, -0.25) is 4.79 Å². The lowest BCUT2D eigenvalue weighted by Gasteiger charge is -2.10. The summed E-state index contributed by atoms with van der Waals surface area (Å²) < 4.78 is 5.17. The first-order chi connectivity index (χ1) is 11.6. The molecule has 3 rings (SSSR count). The Labute approximate surface area is 139 Å². The van der Waals surface area contributed by atoms with E-state index in [9.17, 15) is 9.90 Å². The molecule has 0 aliphatic rings. The van der Waals surface area contributed by atoms with Gasteiger partial charge >= 0.3 is 0 Å². The molecule has 0 saturated heterocycles. The van der Waals surface area contributed by atoms with Crippen LogP contribution in [0.25, 0.3) is 10.8 Å². The average Bonchev–Trinajstić information content (AvgIpc) is 2.62. The number of hydrogen-bond donors (Lipinski definition) is 3. The van der Waals surface area contributed by atoms with E-state index < -0.39 is 0 Å². The summed E-state index contributed by atoms with van der Waals surface area (Å²) in [7, 11) is 1.58. The Morgan fingerprint density at radius 1 is 1.12 bits per heavy atom. The predicted octanol–water partition coefficient (Wildman–Crippen LogP) is 3.27. The van der Waals surface area contributed by atoms with Gasteiger partial charge in [-0.05, 0) is 47.3 Å². The number of hydrogen-bond acceptors (Lipinski definition) is 4. The average molecular weight is 322 g/mol. The van der Waals surface area contributed by atoms with Gasteiger partial charge in [-0.1, -0.05) is 18.2 Å². The van der Waals surface area contributed by atoms with Crippen LogP contribution in [0.15, 0.2) is 54.6 Å². The third kappa shape index (κ3) is 3.02. The number of methoxy groups -OCH3 is 1. The molecule has 5 heteroatoms. The lowest BCUT2D eigenvalue weighted by Crippen LogP contribution is -2.12. The Hall–Kier alpha value is -3.05. The van der Waals surface area contributed by atoms with Crippen LogP contribution in [-0.4, -0.2) is 18.1 Å². The van der Waals surface area contributed by atoms with Gasteiger partial charge in [0.1, 0.15) is 11.5 Å². The molecule has 0 bridgehead atoms. The Morgan fingerprint density at radius 2 is 1.88 bits per heavy atom. The Balaban J connectivity index is 1.90. The Bertz CT molecular complexity index is 889. The molecule has 0 atom stereocenters. The van der Waals surface area contributed by atoms with E-state index in [1.807, 2.05) is 18.2 Å². The molecule has 0 aliphatic heterocycles. The molecular formula is C19H18N2O3. The summed E-state index contributed by atoms with van der Waals surface area (Å²) in [6.07, 6.45) is 0. The van der Waals surface area contributed by atoms with E-state index >= 15 is 0 Å². The second-order valence-corrected chi connectivity index (χ2v) is 5.40. The quantitative estimate of drug-likeness (QED) is 0.688. The minimum absolute atomic E-state index is 0.0498. The first-order valence-corrected chi connectivity index (χ1v) is 7.52. The second-order valence-electron chi connectivity index (χ2n) is 5.40. The number of anilines is 1. The first-order valence-electron chi connectivity index (χ1n) is 7.52. The number of carbonyl (C=O) groups is 1. The van der Waals surface area contributed by atoms with Crippen molar-refractivity contribution in [2.24, 2.45) is 5.73 Å². The van der Waals surface area contributed by atoms with Crippen molar-refractivity contribution in [3.05, 3.63) is 65.7 Å². The van der Waals surface area contributed by atoms with Gasteiger partial charge in [-0.25, -0.2) is 0 Å². The van der Waals surface area contributed by atoms with Crippen molar-refractivity contribution in [1.29, 1.82) is 0 Å². The minimum atomic E-state index is -0.370. The van der Waals surface area contributed by atoms with Crippen LogP contribution in [0.5, 0.6) is 11.5 Å². The summed E-state index contributed by atoms with van der Waals surface area (Å²) in [5, 5.41) is 14.6. The van der Waals surface area contributed by atoms with Crippen molar-refractivity contribution >= 4 is 22.4 Å². The molecule has 3 aromatic rings. The smallest absolute Gasteiger partial charge is 0.259 e. The van der Waals surface area contributed by atoms with Crippen LogP contribution in [-0.2, 0) is 6.54 Å². The fourth-order valence-electron chi connectivity index (χ4n) is 2.52. The largest absolute Gasteiger partial charge is 0.506 e. The predicted molar refractivity (Wildman–Crippen MR) is 94.5 cm³/mol. The van der Waals surface area contributed by atoms with Crippen LogP contribution < -0.4 is 15.8 Å². The van der Waals surface area contributed by atoms with Gasteiger partial charge < -0.3 is 20.9 Å². The molecule has 3 aromatic carbocycles. The SMILES string of the molecule is COc1ccc2c(O)c(C(=O)Nc3ccc(CN)cc3)ccc2c1. The first kappa shape index (κ1) is 15.8. The van der Waals surface area contributed by atoms with Crippen LogP contribution in [0.3, 0.4) is 0 Å². The van der Waals surface area contributed by atoms with E-state index in [4.69, 9.17) is 10.5 Å². The molecule has 0 aromatic heterocycles. The highest BCUT2D eigenvalue weighted by Gasteiger charge is 2.14. The molecule has 0 spiro atoms. The van der Waals surface area contributed by atoms with Gasteiger partial charge in [-0.15, -0.1) is 0 Å². The summed E-state index contributed by atoms with van der Waals surface area (Å²) in [4.78, 5) is 12.4. The van der Waals surface area contributed by atoms with E-state index in [1.165, 1.54) is 0 Å². The molecule has 24 heavy (non-hydrogen) atoms. The summed E-state index contributed by atoms with van der Waals surface area (Å²) in [5.74, 6) is 0.274. The number of ether oxygens (including phenoxy) is 1. The van der Waals surface area contributed by atoms with E-state index in [-0.39, 0.29) is 17.2 Å². The topological polar surface area (TPSA) is 84.6 Å². The number of amides is 1. The maximum absolute atomic E-state index is 12.4.